The van der Waals surface area contributed by atoms with Crippen LogP contribution in [0.3, 0.4) is 0 Å². The molecule has 5 rings (SSSR count). The first kappa shape index (κ1) is 21.7. The van der Waals surface area contributed by atoms with Crippen molar-refractivity contribution in [2.45, 2.75) is 56.2 Å². The highest BCUT2D eigenvalue weighted by atomic mass is 19.4. The Bertz CT molecular complexity index is 928. The Morgan fingerprint density at radius 2 is 1.87 bits per heavy atom. The van der Waals surface area contributed by atoms with E-state index in [1.165, 1.54) is 43.2 Å². The number of halogens is 3. The molecule has 1 aliphatic heterocycles. The number of aromatic hydroxyl groups is 1. The molecule has 7 heteroatoms. The number of rotatable bonds is 2. The van der Waals surface area contributed by atoms with Crippen LogP contribution in [-0.2, 0) is 16.6 Å². The standard InChI is InChI=1S/C22H26N2O.C2HF3O/c25-21-14-18-15(13-20(21)24-16-6-2-1-3-7-16)12-19-17-8-4-5-9-22(17,18)10-11-23-19;3-2(4,5)1-6/h1-3,6-7,13-14,17,19,23-25H,4-5,8-12H2;1H/t17-,19+,22+;/m1./s1. The molecule has 2 aromatic rings. The Labute approximate surface area is 179 Å². The zero-order valence-corrected chi connectivity index (χ0v) is 17.2. The molecule has 0 aromatic heterocycles. The predicted octanol–water partition coefficient (Wildman–Crippen LogP) is 5.23. The van der Waals surface area contributed by atoms with Crippen LogP contribution in [-0.4, -0.2) is 30.2 Å². The van der Waals surface area contributed by atoms with E-state index in [0.29, 0.717) is 17.2 Å². The molecule has 2 aliphatic carbocycles. The minimum atomic E-state index is -4.64. The van der Waals surface area contributed by atoms with Gasteiger partial charge in [0.15, 0.2) is 0 Å². The van der Waals surface area contributed by atoms with Gasteiger partial charge in [0.1, 0.15) is 5.75 Å². The van der Waals surface area contributed by atoms with Gasteiger partial charge in [-0.05, 0) is 73.5 Å². The maximum Gasteiger partial charge on any atom is 0.446 e. The first-order valence-corrected chi connectivity index (χ1v) is 10.8. The molecule has 2 fully saturated rings. The van der Waals surface area contributed by atoms with Gasteiger partial charge in [-0.25, -0.2) is 0 Å². The lowest BCUT2D eigenvalue weighted by Crippen LogP contribution is -2.59. The number of hydrogen-bond donors (Lipinski definition) is 3. The van der Waals surface area contributed by atoms with Crippen molar-refractivity contribution in [1.82, 2.24) is 5.32 Å². The highest BCUT2D eigenvalue weighted by molar-refractivity contribution is 5.69. The molecule has 31 heavy (non-hydrogen) atoms. The van der Waals surface area contributed by atoms with Crippen LogP contribution in [0.15, 0.2) is 42.5 Å². The van der Waals surface area contributed by atoms with Gasteiger partial charge in [-0.3, -0.25) is 4.79 Å². The van der Waals surface area contributed by atoms with Gasteiger partial charge in [0.25, 0.3) is 0 Å². The third-order valence-corrected chi connectivity index (χ3v) is 6.95. The van der Waals surface area contributed by atoms with E-state index in [-0.39, 0.29) is 0 Å². The minimum Gasteiger partial charge on any atom is -0.506 e. The van der Waals surface area contributed by atoms with Gasteiger partial charge in [-0.1, -0.05) is 31.0 Å². The quantitative estimate of drug-likeness (QED) is 0.449. The summed E-state index contributed by atoms with van der Waals surface area (Å²) in [6.45, 7) is 1.12. The number of nitrogens with one attached hydrogen (secondary N) is 2. The first-order valence-electron chi connectivity index (χ1n) is 10.8. The van der Waals surface area contributed by atoms with Crippen molar-refractivity contribution in [3.63, 3.8) is 0 Å². The molecule has 0 amide bonds. The number of phenolic OH excluding ortho intramolecular Hbond substituents is 1. The van der Waals surface area contributed by atoms with Crippen molar-refractivity contribution in [2.24, 2.45) is 5.92 Å². The fourth-order valence-electron chi connectivity index (χ4n) is 5.75. The number of fused-ring (bicyclic) bond motifs is 1. The lowest BCUT2D eigenvalue weighted by molar-refractivity contribution is -0.156. The van der Waals surface area contributed by atoms with Crippen molar-refractivity contribution in [3.8, 4) is 5.75 Å². The Morgan fingerprint density at radius 3 is 2.58 bits per heavy atom. The van der Waals surface area contributed by atoms with E-state index in [1.807, 2.05) is 30.3 Å². The summed E-state index contributed by atoms with van der Waals surface area (Å²) in [4.78, 5) is 8.70. The Morgan fingerprint density at radius 1 is 1.13 bits per heavy atom. The van der Waals surface area contributed by atoms with Crippen LogP contribution in [0.1, 0.15) is 43.2 Å². The summed E-state index contributed by atoms with van der Waals surface area (Å²) in [5, 5.41) is 17.9. The van der Waals surface area contributed by atoms with E-state index in [4.69, 9.17) is 4.79 Å². The minimum absolute atomic E-state index is 0.296. The van der Waals surface area contributed by atoms with E-state index in [1.54, 1.807) is 0 Å². The van der Waals surface area contributed by atoms with Gasteiger partial charge in [-0.2, -0.15) is 13.2 Å². The molecule has 1 saturated heterocycles. The summed E-state index contributed by atoms with van der Waals surface area (Å²) in [5.41, 5.74) is 5.00. The third-order valence-electron chi connectivity index (χ3n) is 6.95. The van der Waals surface area contributed by atoms with Crippen LogP contribution >= 0.6 is 0 Å². The van der Waals surface area contributed by atoms with Crippen molar-refractivity contribution in [2.75, 3.05) is 11.9 Å². The van der Waals surface area contributed by atoms with Crippen LogP contribution < -0.4 is 10.6 Å². The molecule has 0 unspecified atom stereocenters. The van der Waals surface area contributed by atoms with E-state index in [9.17, 15) is 18.3 Å². The summed E-state index contributed by atoms with van der Waals surface area (Å²) in [6, 6.07) is 15.0. The molecular formula is C24H27F3N2O2. The molecule has 4 nitrogen and oxygen atoms in total. The molecule has 0 radical (unpaired) electrons. The molecule has 166 valence electrons. The third kappa shape index (κ3) is 4.42. The number of aldehydes is 1. The normalized spacial score (nSPS) is 26.5. The van der Waals surface area contributed by atoms with Crippen LogP contribution in [0, 0.1) is 5.92 Å². The van der Waals surface area contributed by atoms with E-state index < -0.39 is 12.5 Å². The second-order valence-corrected chi connectivity index (χ2v) is 8.70. The molecule has 1 saturated carbocycles. The molecule has 1 heterocycles. The highest BCUT2D eigenvalue weighted by Gasteiger charge is 2.51. The zero-order chi connectivity index (χ0) is 22.1. The molecule has 3 N–H and O–H groups in total. The maximum absolute atomic E-state index is 10.7. The Balaban J connectivity index is 0.000000342. The fourth-order valence-corrected chi connectivity index (χ4v) is 5.75. The number of phenols is 1. The van der Waals surface area contributed by atoms with Crippen LogP contribution in [0.4, 0.5) is 24.5 Å². The smallest absolute Gasteiger partial charge is 0.446 e. The van der Waals surface area contributed by atoms with E-state index >= 15 is 0 Å². The molecule has 0 spiro atoms. The summed E-state index contributed by atoms with van der Waals surface area (Å²) < 4.78 is 31.2. The number of para-hydroxylation sites is 1. The number of carbonyl (C=O) groups excluding carboxylic acids is 1. The van der Waals surface area contributed by atoms with Gasteiger partial charge in [0.05, 0.1) is 5.69 Å². The number of carbonyl (C=O) groups is 1. The second-order valence-electron chi connectivity index (χ2n) is 8.70. The van der Waals surface area contributed by atoms with Gasteiger partial charge in [-0.15, -0.1) is 0 Å². The first-order chi connectivity index (χ1) is 14.8. The second kappa shape index (κ2) is 8.54. The summed E-state index contributed by atoms with van der Waals surface area (Å²) >= 11 is 0. The lowest BCUT2D eigenvalue weighted by Gasteiger charge is -2.56. The van der Waals surface area contributed by atoms with Gasteiger partial charge < -0.3 is 15.7 Å². The molecule has 3 atom stereocenters. The number of hydrogen-bond acceptors (Lipinski definition) is 4. The molecule has 2 aromatic carbocycles. The number of benzene rings is 2. The van der Waals surface area contributed by atoms with Gasteiger partial charge in [0.2, 0.25) is 6.29 Å². The van der Waals surface area contributed by atoms with Crippen LogP contribution in [0.2, 0.25) is 0 Å². The molecular weight excluding hydrogens is 405 g/mol. The van der Waals surface area contributed by atoms with E-state index in [2.05, 4.69) is 22.8 Å². The van der Waals surface area contributed by atoms with E-state index in [0.717, 1.165) is 30.3 Å². The average molecular weight is 432 g/mol. The maximum atomic E-state index is 10.7. The van der Waals surface area contributed by atoms with Gasteiger partial charge >= 0.3 is 6.18 Å². The number of anilines is 2. The lowest BCUT2D eigenvalue weighted by atomic mass is 9.53. The largest absolute Gasteiger partial charge is 0.506 e. The topological polar surface area (TPSA) is 61.4 Å². The zero-order valence-electron chi connectivity index (χ0n) is 17.2. The molecule has 2 bridgehead atoms. The SMILES string of the molecule is O=CC(F)(F)F.Oc1cc2c(cc1Nc1ccccc1)C[C@@H]1NCC[C@]23CCCC[C@H]13. The van der Waals surface area contributed by atoms with Crippen LogP contribution in [0.25, 0.3) is 0 Å². The van der Waals surface area contributed by atoms with Crippen LogP contribution in [0.5, 0.6) is 5.75 Å². The highest BCUT2D eigenvalue weighted by Crippen LogP contribution is 2.55. The summed E-state index contributed by atoms with van der Waals surface area (Å²) in [6.07, 6.45) is 1.91. The Kier molecular flexibility index (Phi) is 5.97. The Hall–Kier alpha value is -2.54. The predicted molar refractivity (Wildman–Crippen MR) is 114 cm³/mol. The van der Waals surface area contributed by atoms with Gasteiger partial charge in [0, 0.05) is 17.1 Å². The monoisotopic (exact) mass is 432 g/mol. The molecule has 3 aliphatic rings. The average Bonchev–Trinajstić information content (AvgIpc) is 2.76. The van der Waals surface area contributed by atoms with Crippen molar-refractivity contribution in [1.29, 1.82) is 0 Å². The number of alkyl halides is 3. The summed E-state index contributed by atoms with van der Waals surface area (Å²) in [5.74, 6) is 1.13. The van der Waals surface area contributed by atoms with Crippen molar-refractivity contribution in [3.05, 3.63) is 53.6 Å². The fraction of sp³-hybridized carbons (Fsp3) is 0.458. The summed E-state index contributed by atoms with van der Waals surface area (Å²) in [7, 11) is 0. The van der Waals surface area contributed by atoms with Crippen molar-refractivity contribution >= 4 is 17.7 Å². The number of piperidine rings is 1. The van der Waals surface area contributed by atoms with Crippen molar-refractivity contribution < 1.29 is 23.1 Å².